The van der Waals surface area contributed by atoms with E-state index in [0.717, 1.165) is 44.9 Å². The maximum Gasteiger partial charge on any atom is 0.149 e. The number of aryl methyl sites for hydroxylation is 2. The Labute approximate surface area is 295 Å². The molecule has 0 saturated carbocycles. The number of pyridine rings is 1. The van der Waals surface area contributed by atoms with Crippen molar-refractivity contribution in [3.8, 4) is 34.1 Å². The molecule has 2 aromatic heterocycles. The zero-order chi connectivity index (χ0) is 32.5. The SMILES string of the molecule is Cc1[c-]c(-c2nccc3c2ccc2c(C(C)C)cccc23)cc(C)c1.Oc1ccccc1-c1nc2ccccc2n1-c1ccccc1.[Ir]. The molecule has 0 bridgehead atoms. The van der Waals surface area contributed by atoms with Crippen molar-refractivity contribution in [3.05, 3.63) is 156 Å². The topological polar surface area (TPSA) is 50.9 Å². The van der Waals surface area contributed by atoms with E-state index in [1.165, 1.54) is 32.7 Å². The van der Waals surface area contributed by atoms with Gasteiger partial charge in [0.05, 0.1) is 16.6 Å². The molecule has 0 aliphatic rings. The first-order valence-corrected chi connectivity index (χ1v) is 16.0. The van der Waals surface area contributed by atoms with Gasteiger partial charge in [-0.25, -0.2) is 4.98 Å². The number of para-hydroxylation sites is 4. The van der Waals surface area contributed by atoms with E-state index in [9.17, 15) is 5.11 Å². The maximum atomic E-state index is 10.2. The normalized spacial score (nSPS) is 11.0. The molecule has 0 aliphatic carbocycles. The van der Waals surface area contributed by atoms with Crippen LogP contribution < -0.4 is 0 Å². The van der Waals surface area contributed by atoms with Crippen molar-refractivity contribution in [2.45, 2.75) is 33.6 Å². The van der Waals surface area contributed by atoms with Gasteiger partial charge in [0.2, 0.25) is 0 Å². The Kier molecular flexibility index (Phi) is 9.54. The fourth-order valence-electron chi connectivity index (χ4n) is 6.50. The number of nitrogens with zero attached hydrogens (tertiary/aromatic N) is 3. The van der Waals surface area contributed by atoms with Gasteiger partial charge in [0, 0.05) is 32.0 Å². The second-order valence-electron chi connectivity index (χ2n) is 12.3. The molecule has 0 amide bonds. The molecule has 8 rings (SSSR count). The zero-order valence-electron chi connectivity index (χ0n) is 27.4. The molecule has 8 aromatic rings. The summed E-state index contributed by atoms with van der Waals surface area (Å²) in [6, 6.07) is 46.4. The molecule has 48 heavy (non-hydrogen) atoms. The van der Waals surface area contributed by atoms with Crippen molar-refractivity contribution in [1.29, 1.82) is 0 Å². The molecule has 5 heteroatoms. The first kappa shape index (κ1) is 32.8. The summed E-state index contributed by atoms with van der Waals surface area (Å²) in [6.45, 7) is 8.72. The Balaban J connectivity index is 0.000000165. The molecule has 0 saturated heterocycles. The second-order valence-corrected chi connectivity index (χ2v) is 12.3. The third-order valence-electron chi connectivity index (χ3n) is 8.58. The Morgan fingerprint density at radius 2 is 1.40 bits per heavy atom. The second kappa shape index (κ2) is 13.9. The summed E-state index contributed by atoms with van der Waals surface area (Å²) in [5.41, 5.74) is 9.55. The van der Waals surface area contributed by atoms with Crippen LogP contribution in [0.2, 0.25) is 0 Å². The molecular formula is C43H36IrN3O-. The third-order valence-corrected chi connectivity index (χ3v) is 8.58. The van der Waals surface area contributed by atoms with Crippen LogP contribution in [-0.2, 0) is 20.1 Å². The molecule has 2 heterocycles. The minimum Gasteiger partial charge on any atom is -0.507 e. The molecule has 6 aromatic carbocycles. The van der Waals surface area contributed by atoms with Crippen molar-refractivity contribution in [1.82, 2.24) is 14.5 Å². The monoisotopic (exact) mass is 803 g/mol. The molecule has 0 atom stereocenters. The number of hydrogen-bond donors (Lipinski definition) is 1. The molecule has 0 spiro atoms. The Bertz CT molecular complexity index is 2360. The average molecular weight is 803 g/mol. The quantitative estimate of drug-likeness (QED) is 0.142. The van der Waals surface area contributed by atoms with Crippen molar-refractivity contribution >= 4 is 32.6 Å². The van der Waals surface area contributed by atoms with Gasteiger partial charge in [-0.1, -0.05) is 100 Å². The van der Waals surface area contributed by atoms with E-state index in [1.807, 2.05) is 79.0 Å². The number of fused-ring (bicyclic) bond motifs is 4. The van der Waals surface area contributed by atoms with Crippen molar-refractivity contribution in [2.75, 3.05) is 0 Å². The van der Waals surface area contributed by atoms with Crippen LogP contribution in [0.4, 0.5) is 0 Å². The number of hydrogen-bond acceptors (Lipinski definition) is 3. The molecule has 0 fully saturated rings. The first-order chi connectivity index (χ1) is 22.9. The number of imidazole rings is 1. The van der Waals surface area contributed by atoms with Crippen LogP contribution in [0.3, 0.4) is 0 Å². The molecule has 0 aliphatic heterocycles. The predicted octanol–water partition coefficient (Wildman–Crippen LogP) is 11.0. The number of rotatable bonds is 4. The molecular weight excluding hydrogens is 767 g/mol. The fraction of sp³-hybridized carbons (Fsp3) is 0.116. The molecule has 1 N–H and O–H groups in total. The predicted molar refractivity (Wildman–Crippen MR) is 195 cm³/mol. The van der Waals surface area contributed by atoms with Crippen LogP contribution in [0, 0.1) is 19.9 Å². The Morgan fingerprint density at radius 3 is 2.17 bits per heavy atom. The number of aromatic hydroxyl groups is 1. The van der Waals surface area contributed by atoms with Crippen LogP contribution in [0.25, 0.3) is 60.9 Å². The summed E-state index contributed by atoms with van der Waals surface area (Å²) < 4.78 is 2.07. The van der Waals surface area contributed by atoms with Crippen molar-refractivity contribution < 1.29 is 25.2 Å². The van der Waals surface area contributed by atoms with E-state index in [4.69, 9.17) is 9.97 Å². The standard InChI is InChI=1S/C24H22N.C19H14N2O.Ir/c1-15(2)19-6-5-7-20-21(19)8-9-23-22(20)10-11-25-24(23)18-13-16(3)12-17(4)14-18;22-18-13-7-4-10-15(18)19-20-16-11-5-6-12-17(16)21(19)14-8-2-1-3-9-14;/h5-13,15H,1-4H3;1-13,22H;/q-1;;. The molecule has 1 radical (unpaired) electrons. The smallest absolute Gasteiger partial charge is 0.149 e. The van der Waals surface area contributed by atoms with E-state index in [0.29, 0.717) is 5.92 Å². The van der Waals surface area contributed by atoms with E-state index >= 15 is 0 Å². The van der Waals surface area contributed by atoms with Crippen LogP contribution in [0.5, 0.6) is 5.75 Å². The molecule has 239 valence electrons. The average Bonchev–Trinajstić information content (AvgIpc) is 3.47. The van der Waals surface area contributed by atoms with E-state index in [1.54, 1.807) is 6.07 Å². The summed E-state index contributed by atoms with van der Waals surface area (Å²) in [4.78, 5) is 9.42. The summed E-state index contributed by atoms with van der Waals surface area (Å²) >= 11 is 0. The van der Waals surface area contributed by atoms with Crippen LogP contribution >= 0.6 is 0 Å². The summed E-state index contributed by atoms with van der Waals surface area (Å²) in [6.07, 6.45) is 1.92. The van der Waals surface area contributed by atoms with Gasteiger partial charge in [0.25, 0.3) is 0 Å². The van der Waals surface area contributed by atoms with Gasteiger partial charge in [-0.05, 0) is 81.2 Å². The summed E-state index contributed by atoms with van der Waals surface area (Å²) in [7, 11) is 0. The Hall–Kier alpha value is -5.09. The van der Waals surface area contributed by atoms with E-state index in [-0.39, 0.29) is 25.9 Å². The van der Waals surface area contributed by atoms with E-state index in [2.05, 4.69) is 86.9 Å². The minimum atomic E-state index is 0. The van der Waals surface area contributed by atoms with Crippen molar-refractivity contribution in [2.24, 2.45) is 0 Å². The first-order valence-electron chi connectivity index (χ1n) is 16.0. The van der Waals surface area contributed by atoms with E-state index < -0.39 is 0 Å². The summed E-state index contributed by atoms with van der Waals surface area (Å²) in [5.74, 6) is 1.48. The third kappa shape index (κ3) is 6.27. The Morgan fingerprint density at radius 1 is 0.688 bits per heavy atom. The van der Waals surface area contributed by atoms with Gasteiger partial charge in [-0.2, -0.15) is 0 Å². The largest absolute Gasteiger partial charge is 0.507 e. The number of benzene rings is 6. The van der Waals surface area contributed by atoms with Crippen molar-refractivity contribution in [3.63, 3.8) is 0 Å². The van der Waals surface area contributed by atoms with Gasteiger partial charge >= 0.3 is 0 Å². The van der Waals surface area contributed by atoms with Gasteiger partial charge in [0.1, 0.15) is 11.6 Å². The van der Waals surface area contributed by atoms with Crippen LogP contribution in [0.1, 0.15) is 36.5 Å². The van der Waals surface area contributed by atoms with Gasteiger partial charge in [0.15, 0.2) is 0 Å². The van der Waals surface area contributed by atoms with Crippen LogP contribution in [-0.4, -0.2) is 19.6 Å². The van der Waals surface area contributed by atoms with Gasteiger partial charge in [-0.15, -0.1) is 34.9 Å². The van der Waals surface area contributed by atoms with Gasteiger partial charge in [-0.3, -0.25) is 4.57 Å². The molecule has 0 unspecified atom stereocenters. The fourth-order valence-corrected chi connectivity index (χ4v) is 6.50. The number of phenolic OH excluding ortho intramolecular Hbond substituents is 1. The summed E-state index contributed by atoms with van der Waals surface area (Å²) in [5, 5.41) is 15.3. The number of phenols is 1. The molecule has 4 nitrogen and oxygen atoms in total. The minimum absolute atomic E-state index is 0. The van der Waals surface area contributed by atoms with Crippen LogP contribution in [0.15, 0.2) is 134 Å². The zero-order valence-corrected chi connectivity index (χ0v) is 29.8. The number of aromatic nitrogens is 3. The van der Waals surface area contributed by atoms with Gasteiger partial charge < -0.3 is 10.1 Å². The maximum absolute atomic E-state index is 10.2.